The third kappa shape index (κ3) is 3.11. The smallest absolute Gasteiger partial charge is 0.318 e. The summed E-state index contributed by atoms with van der Waals surface area (Å²) in [5, 5.41) is 8.51. The Morgan fingerprint density at radius 2 is 1.83 bits per heavy atom. The van der Waals surface area contributed by atoms with E-state index in [9.17, 15) is 0 Å². The molecule has 3 heterocycles. The van der Waals surface area contributed by atoms with E-state index >= 15 is 0 Å². The lowest BCUT2D eigenvalue weighted by Gasteiger charge is -2.36. The first-order valence-corrected chi connectivity index (χ1v) is 8.80. The molecule has 0 saturated carbocycles. The van der Waals surface area contributed by atoms with Gasteiger partial charge in [-0.1, -0.05) is 5.10 Å². The Labute approximate surface area is 142 Å². The molecule has 0 N–H and O–H groups in total. The Hall–Kier alpha value is -2.08. The molecule has 2 fully saturated rings. The average Bonchev–Trinajstić information content (AvgIpc) is 3.34. The van der Waals surface area contributed by atoms with Gasteiger partial charge < -0.3 is 14.1 Å². The van der Waals surface area contributed by atoms with Crippen LogP contribution in [0.1, 0.15) is 25.7 Å². The van der Waals surface area contributed by atoms with E-state index < -0.39 is 0 Å². The van der Waals surface area contributed by atoms with Gasteiger partial charge in [0, 0.05) is 24.7 Å². The molecule has 1 unspecified atom stereocenters. The molecule has 0 spiro atoms. The summed E-state index contributed by atoms with van der Waals surface area (Å²) in [5.41, 5.74) is 0.919. The van der Waals surface area contributed by atoms with Crippen molar-refractivity contribution in [2.45, 2.75) is 31.7 Å². The minimum absolute atomic E-state index is 0.566. The summed E-state index contributed by atoms with van der Waals surface area (Å²) in [4.78, 5) is 4.86. The SMILES string of the molecule is COc1ccc(-c2nnc(N3CCCC(N4CCCC4)C3)o2)cc1. The van der Waals surface area contributed by atoms with Crippen LogP contribution in [0, 0.1) is 0 Å². The second-order valence-electron chi connectivity index (χ2n) is 6.60. The summed E-state index contributed by atoms with van der Waals surface area (Å²) in [7, 11) is 1.66. The second kappa shape index (κ2) is 6.81. The van der Waals surface area contributed by atoms with Gasteiger partial charge in [-0.2, -0.15) is 0 Å². The number of benzene rings is 1. The fraction of sp³-hybridized carbons (Fsp3) is 0.556. The molecule has 128 valence electrons. The summed E-state index contributed by atoms with van der Waals surface area (Å²) in [5.74, 6) is 1.39. The van der Waals surface area contributed by atoms with Crippen LogP contribution in [0.4, 0.5) is 6.01 Å². The Bertz CT molecular complexity index is 664. The molecule has 2 saturated heterocycles. The molecule has 0 aliphatic carbocycles. The van der Waals surface area contributed by atoms with Gasteiger partial charge in [0.2, 0.25) is 5.89 Å². The van der Waals surface area contributed by atoms with Crippen molar-refractivity contribution in [3.8, 4) is 17.2 Å². The summed E-state index contributed by atoms with van der Waals surface area (Å²) in [6.07, 6.45) is 5.12. The standard InChI is InChI=1S/C18H24N4O2/c1-23-16-8-6-14(7-9-16)17-19-20-18(24-17)22-12-4-5-15(13-22)21-10-2-3-11-21/h6-9,15H,2-5,10-13H2,1H3. The first kappa shape index (κ1) is 15.4. The number of anilines is 1. The lowest BCUT2D eigenvalue weighted by Crippen LogP contribution is -2.47. The third-order valence-electron chi connectivity index (χ3n) is 5.08. The lowest BCUT2D eigenvalue weighted by molar-refractivity contribution is 0.212. The number of ether oxygens (including phenoxy) is 1. The third-order valence-corrected chi connectivity index (χ3v) is 5.08. The van der Waals surface area contributed by atoms with Crippen LogP contribution < -0.4 is 9.64 Å². The zero-order valence-corrected chi connectivity index (χ0v) is 14.1. The molecule has 1 aromatic carbocycles. The van der Waals surface area contributed by atoms with Gasteiger partial charge in [-0.3, -0.25) is 4.90 Å². The van der Waals surface area contributed by atoms with Crippen molar-refractivity contribution in [2.24, 2.45) is 0 Å². The molecule has 1 aromatic heterocycles. The van der Waals surface area contributed by atoms with Crippen LogP contribution in [0.3, 0.4) is 0 Å². The maximum Gasteiger partial charge on any atom is 0.318 e. The van der Waals surface area contributed by atoms with Crippen molar-refractivity contribution < 1.29 is 9.15 Å². The van der Waals surface area contributed by atoms with Gasteiger partial charge in [0.05, 0.1) is 7.11 Å². The van der Waals surface area contributed by atoms with Crippen LogP contribution in [0.15, 0.2) is 28.7 Å². The predicted octanol–water partition coefficient (Wildman–Crippen LogP) is 2.81. The first-order valence-electron chi connectivity index (χ1n) is 8.80. The zero-order chi connectivity index (χ0) is 16.4. The van der Waals surface area contributed by atoms with E-state index in [0.29, 0.717) is 17.9 Å². The highest BCUT2D eigenvalue weighted by Crippen LogP contribution is 2.27. The lowest BCUT2D eigenvalue weighted by atomic mass is 10.1. The van der Waals surface area contributed by atoms with Crippen LogP contribution in [0.2, 0.25) is 0 Å². The van der Waals surface area contributed by atoms with Crippen molar-refractivity contribution in [3.05, 3.63) is 24.3 Å². The number of aromatic nitrogens is 2. The van der Waals surface area contributed by atoms with Crippen LogP contribution in [-0.4, -0.2) is 54.4 Å². The number of hydrogen-bond acceptors (Lipinski definition) is 6. The predicted molar refractivity (Wildman–Crippen MR) is 92.3 cm³/mol. The Morgan fingerprint density at radius 1 is 1.04 bits per heavy atom. The van der Waals surface area contributed by atoms with E-state index in [0.717, 1.165) is 24.4 Å². The van der Waals surface area contributed by atoms with Crippen LogP contribution in [-0.2, 0) is 0 Å². The molecule has 6 heteroatoms. The maximum atomic E-state index is 5.94. The van der Waals surface area contributed by atoms with E-state index in [1.807, 2.05) is 24.3 Å². The average molecular weight is 328 g/mol. The number of methoxy groups -OCH3 is 1. The van der Waals surface area contributed by atoms with Gasteiger partial charge in [-0.05, 0) is 63.0 Å². The van der Waals surface area contributed by atoms with E-state index in [1.165, 1.54) is 38.8 Å². The van der Waals surface area contributed by atoms with Crippen molar-refractivity contribution >= 4 is 6.01 Å². The van der Waals surface area contributed by atoms with E-state index in [4.69, 9.17) is 9.15 Å². The number of likely N-dealkylation sites (tertiary alicyclic amines) is 1. The summed E-state index contributed by atoms with van der Waals surface area (Å²) in [6, 6.07) is 8.97. The summed E-state index contributed by atoms with van der Waals surface area (Å²) in [6.45, 7) is 4.46. The second-order valence-corrected chi connectivity index (χ2v) is 6.60. The van der Waals surface area contributed by atoms with Crippen molar-refractivity contribution in [2.75, 3.05) is 38.2 Å². The highest BCUT2D eigenvalue weighted by molar-refractivity contribution is 5.55. The molecule has 1 atom stereocenters. The molecule has 2 aliphatic rings. The molecule has 6 nitrogen and oxygen atoms in total. The Kier molecular flexibility index (Phi) is 4.38. The van der Waals surface area contributed by atoms with Gasteiger partial charge in [0.15, 0.2) is 0 Å². The molecule has 0 radical (unpaired) electrons. The molecule has 4 rings (SSSR count). The monoisotopic (exact) mass is 328 g/mol. The highest BCUT2D eigenvalue weighted by Gasteiger charge is 2.29. The van der Waals surface area contributed by atoms with E-state index in [2.05, 4.69) is 20.0 Å². The quantitative estimate of drug-likeness (QED) is 0.860. The summed E-state index contributed by atoms with van der Waals surface area (Å²) < 4.78 is 11.1. The van der Waals surface area contributed by atoms with Crippen LogP contribution in [0.5, 0.6) is 5.75 Å². The van der Waals surface area contributed by atoms with Crippen LogP contribution in [0.25, 0.3) is 11.5 Å². The van der Waals surface area contributed by atoms with Gasteiger partial charge in [0.25, 0.3) is 0 Å². The number of rotatable bonds is 4. The Morgan fingerprint density at radius 3 is 2.58 bits per heavy atom. The van der Waals surface area contributed by atoms with Gasteiger partial charge in [-0.25, -0.2) is 0 Å². The van der Waals surface area contributed by atoms with Crippen LogP contribution >= 0.6 is 0 Å². The minimum atomic E-state index is 0.566. The van der Waals surface area contributed by atoms with Gasteiger partial charge >= 0.3 is 6.01 Å². The fourth-order valence-electron chi connectivity index (χ4n) is 3.73. The minimum Gasteiger partial charge on any atom is -0.497 e. The maximum absolute atomic E-state index is 5.94. The van der Waals surface area contributed by atoms with Crippen molar-refractivity contribution in [1.29, 1.82) is 0 Å². The normalized spacial score (nSPS) is 22.0. The fourth-order valence-corrected chi connectivity index (χ4v) is 3.73. The first-order chi connectivity index (χ1) is 11.8. The van der Waals surface area contributed by atoms with Gasteiger partial charge in [-0.15, -0.1) is 5.10 Å². The molecular formula is C18H24N4O2. The van der Waals surface area contributed by atoms with Crippen molar-refractivity contribution in [3.63, 3.8) is 0 Å². The largest absolute Gasteiger partial charge is 0.497 e. The topological polar surface area (TPSA) is 54.6 Å². The molecule has 0 bridgehead atoms. The molecule has 24 heavy (non-hydrogen) atoms. The summed E-state index contributed by atoms with van der Waals surface area (Å²) >= 11 is 0. The molecular weight excluding hydrogens is 304 g/mol. The molecule has 2 aliphatic heterocycles. The van der Waals surface area contributed by atoms with Crippen molar-refractivity contribution in [1.82, 2.24) is 15.1 Å². The molecule has 0 amide bonds. The van der Waals surface area contributed by atoms with E-state index in [-0.39, 0.29) is 0 Å². The zero-order valence-electron chi connectivity index (χ0n) is 14.1. The number of piperidine rings is 1. The Balaban J connectivity index is 1.47. The van der Waals surface area contributed by atoms with Gasteiger partial charge in [0.1, 0.15) is 5.75 Å². The number of nitrogens with zero attached hydrogens (tertiary/aromatic N) is 4. The van der Waals surface area contributed by atoms with E-state index in [1.54, 1.807) is 7.11 Å². The highest BCUT2D eigenvalue weighted by atomic mass is 16.5. The number of hydrogen-bond donors (Lipinski definition) is 0. The molecule has 2 aromatic rings.